The summed E-state index contributed by atoms with van der Waals surface area (Å²) in [6.07, 6.45) is 0.325. The zero-order valence-electron chi connectivity index (χ0n) is 11.3. The number of fused-ring (bicyclic) bond motifs is 1. The summed E-state index contributed by atoms with van der Waals surface area (Å²) in [7, 11) is 1.70. The monoisotopic (exact) mass is 277 g/mol. The van der Waals surface area contributed by atoms with Gasteiger partial charge in [-0.15, -0.1) is 0 Å². The Morgan fingerprint density at radius 2 is 2.20 bits per heavy atom. The van der Waals surface area contributed by atoms with Gasteiger partial charge in [0.25, 0.3) is 0 Å². The van der Waals surface area contributed by atoms with Crippen LogP contribution in [0.4, 0.5) is 5.69 Å². The fourth-order valence-electron chi connectivity index (χ4n) is 2.54. The molecule has 1 aromatic carbocycles. The number of primary amides is 1. The average molecular weight is 277 g/mol. The van der Waals surface area contributed by atoms with Gasteiger partial charge in [-0.3, -0.25) is 9.59 Å². The first-order valence-electron chi connectivity index (χ1n) is 6.57. The Labute approximate surface area is 117 Å². The van der Waals surface area contributed by atoms with Crippen molar-refractivity contribution in [1.29, 1.82) is 0 Å². The molecule has 0 aromatic heterocycles. The van der Waals surface area contributed by atoms with E-state index in [-0.39, 0.29) is 12.5 Å². The predicted molar refractivity (Wildman–Crippen MR) is 75.0 cm³/mol. The Kier molecular flexibility index (Phi) is 4.36. The van der Waals surface area contributed by atoms with E-state index in [9.17, 15) is 14.7 Å². The fourth-order valence-corrected chi connectivity index (χ4v) is 2.54. The second-order valence-electron chi connectivity index (χ2n) is 4.98. The van der Waals surface area contributed by atoms with Crippen LogP contribution in [0.2, 0.25) is 0 Å². The lowest BCUT2D eigenvalue weighted by Gasteiger charge is -2.28. The normalized spacial score (nSPS) is 21.1. The van der Waals surface area contributed by atoms with E-state index in [1.807, 2.05) is 6.07 Å². The molecule has 0 aliphatic heterocycles. The highest BCUT2D eigenvalue weighted by atomic mass is 16.3. The second kappa shape index (κ2) is 6.02. The van der Waals surface area contributed by atoms with Crippen LogP contribution in [0.15, 0.2) is 18.2 Å². The third kappa shape index (κ3) is 2.97. The zero-order valence-corrected chi connectivity index (χ0v) is 11.3. The van der Waals surface area contributed by atoms with Crippen LogP contribution >= 0.6 is 0 Å². The highest BCUT2D eigenvalue weighted by molar-refractivity contribution is 5.92. The van der Waals surface area contributed by atoms with Crippen LogP contribution in [-0.4, -0.2) is 30.5 Å². The average Bonchev–Trinajstić information content (AvgIpc) is 2.38. The van der Waals surface area contributed by atoms with Gasteiger partial charge in [0, 0.05) is 5.69 Å². The van der Waals surface area contributed by atoms with E-state index in [1.54, 1.807) is 19.2 Å². The maximum Gasteiger partial charge on any atom is 0.238 e. The number of aryl methyl sites for hydroxylation is 1. The SMILES string of the molecule is CNCC(=O)Nc1ccc2c(c1)CCC(C(N)=O)C2O. The fraction of sp³-hybridized carbons (Fsp3) is 0.429. The van der Waals surface area contributed by atoms with Crippen LogP contribution in [0.25, 0.3) is 0 Å². The van der Waals surface area contributed by atoms with E-state index < -0.39 is 17.9 Å². The van der Waals surface area contributed by atoms with Gasteiger partial charge in [-0.05, 0) is 43.1 Å². The van der Waals surface area contributed by atoms with Crippen molar-refractivity contribution in [2.45, 2.75) is 18.9 Å². The number of hydrogen-bond donors (Lipinski definition) is 4. The highest BCUT2D eigenvalue weighted by Crippen LogP contribution is 2.35. The minimum Gasteiger partial charge on any atom is -0.388 e. The number of benzene rings is 1. The van der Waals surface area contributed by atoms with E-state index in [2.05, 4.69) is 10.6 Å². The number of likely N-dealkylation sites (N-methyl/N-ethyl adjacent to an activating group) is 1. The van der Waals surface area contributed by atoms with E-state index in [1.165, 1.54) is 0 Å². The van der Waals surface area contributed by atoms with Crippen molar-refractivity contribution in [3.8, 4) is 0 Å². The van der Waals surface area contributed by atoms with E-state index in [0.29, 0.717) is 24.1 Å². The van der Waals surface area contributed by atoms with E-state index in [0.717, 1.165) is 5.56 Å². The van der Waals surface area contributed by atoms with Crippen LogP contribution in [0.5, 0.6) is 0 Å². The molecule has 0 spiro atoms. The van der Waals surface area contributed by atoms with Crippen LogP contribution < -0.4 is 16.4 Å². The van der Waals surface area contributed by atoms with Gasteiger partial charge in [-0.25, -0.2) is 0 Å². The summed E-state index contributed by atoms with van der Waals surface area (Å²) < 4.78 is 0. The van der Waals surface area contributed by atoms with Gasteiger partial charge >= 0.3 is 0 Å². The van der Waals surface area contributed by atoms with Gasteiger partial charge in [0.15, 0.2) is 0 Å². The van der Waals surface area contributed by atoms with Crippen LogP contribution in [0, 0.1) is 5.92 Å². The number of aliphatic hydroxyl groups is 1. The molecule has 0 heterocycles. The third-order valence-electron chi connectivity index (χ3n) is 3.55. The van der Waals surface area contributed by atoms with Crippen molar-refractivity contribution in [2.75, 3.05) is 18.9 Å². The lowest BCUT2D eigenvalue weighted by atomic mass is 9.81. The molecule has 20 heavy (non-hydrogen) atoms. The number of anilines is 1. The number of aliphatic hydroxyl groups excluding tert-OH is 1. The molecule has 2 unspecified atom stereocenters. The Hall–Kier alpha value is -1.92. The number of hydrogen-bond acceptors (Lipinski definition) is 4. The van der Waals surface area contributed by atoms with Crippen molar-refractivity contribution in [1.82, 2.24) is 5.32 Å². The van der Waals surface area contributed by atoms with E-state index >= 15 is 0 Å². The standard InChI is InChI=1S/C14H19N3O3/c1-16-7-12(18)17-9-3-5-10-8(6-9)2-4-11(13(10)19)14(15)20/h3,5-6,11,13,16,19H,2,4,7H2,1H3,(H2,15,20)(H,17,18). The van der Waals surface area contributed by atoms with Crippen LogP contribution in [-0.2, 0) is 16.0 Å². The lowest BCUT2D eigenvalue weighted by Crippen LogP contribution is -2.32. The molecule has 0 radical (unpaired) electrons. The number of carbonyl (C=O) groups is 2. The summed E-state index contributed by atoms with van der Waals surface area (Å²) >= 11 is 0. The molecule has 108 valence electrons. The lowest BCUT2D eigenvalue weighted by molar-refractivity contribution is -0.126. The molecule has 1 aliphatic rings. The smallest absolute Gasteiger partial charge is 0.238 e. The topological polar surface area (TPSA) is 104 Å². The van der Waals surface area contributed by atoms with E-state index in [4.69, 9.17) is 5.73 Å². The van der Waals surface area contributed by atoms with Crippen molar-refractivity contribution in [3.05, 3.63) is 29.3 Å². The number of nitrogens with two attached hydrogens (primary N) is 1. The minimum absolute atomic E-state index is 0.126. The van der Waals surface area contributed by atoms with Gasteiger partial charge in [0.05, 0.1) is 18.6 Å². The Balaban J connectivity index is 2.17. The molecule has 5 N–H and O–H groups in total. The number of amides is 2. The summed E-state index contributed by atoms with van der Waals surface area (Å²) in [6, 6.07) is 5.30. The minimum atomic E-state index is -0.863. The molecule has 6 heteroatoms. The Morgan fingerprint density at radius 3 is 2.85 bits per heavy atom. The summed E-state index contributed by atoms with van der Waals surface area (Å²) in [5.41, 5.74) is 7.63. The Morgan fingerprint density at radius 1 is 1.45 bits per heavy atom. The van der Waals surface area contributed by atoms with Gasteiger partial charge in [-0.1, -0.05) is 6.07 Å². The molecule has 0 bridgehead atoms. The molecule has 1 aromatic rings. The number of rotatable bonds is 4. The molecular formula is C14H19N3O3. The maximum absolute atomic E-state index is 11.5. The quantitative estimate of drug-likeness (QED) is 0.618. The van der Waals surface area contributed by atoms with Gasteiger partial charge < -0.3 is 21.5 Å². The third-order valence-corrected chi connectivity index (χ3v) is 3.55. The molecular weight excluding hydrogens is 258 g/mol. The molecule has 2 atom stereocenters. The first-order valence-corrected chi connectivity index (χ1v) is 6.57. The summed E-state index contributed by atoms with van der Waals surface area (Å²) in [5, 5.41) is 15.7. The first kappa shape index (κ1) is 14.5. The van der Waals surface area contributed by atoms with Crippen molar-refractivity contribution in [3.63, 3.8) is 0 Å². The van der Waals surface area contributed by atoms with Gasteiger partial charge in [-0.2, -0.15) is 0 Å². The van der Waals surface area contributed by atoms with Crippen LogP contribution in [0.3, 0.4) is 0 Å². The molecule has 6 nitrogen and oxygen atoms in total. The summed E-state index contributed by atoms with van der Waals surface area (Å²) in [5.74, 6) is -1.14. The summed E-state index contributed by atoms with van der Waals surface area (Å²) in [6.45, 7) is 0.240. The highest BCUT2D eigenvalue weighted by Gasteiger charge is 2.31. The largest absolute Gasteiger partial charge is 0.388 e. The van der Waals surface area contributed by atoms with Crippen molar-refractivity contribution in [2.24, 2.45) is 11.7 Å². The number of carbonyl (C=O) groups excluding carboxylic acids is 2. The Bertz CT molecular complexity index is 530. The second-order valence-corrected chi connectivity index (χ2v) is 4.98. The molecule has 0 saturated heterocycles. The summed E-state index contributed by atoms with van der Waals surface area (Å²) in [4.78, 5) is 22.8. The zero-order chi connectivity index (χ0) is 14.7. The van der Waals surface area contributed by atoms with Crippen molar-refractivity contribution < 1.29 is 14.7 Å². The molecule has 2 amide bonds. The molecule has 0 fully saturated rings. The first-order chi connectivity index (χ1) is 9.52. The van der Waals surface area contributed by atoms with Gasteiger partial charge in [0.1, 0.15) is 0 Å². The van der Waals surface area contributed by atoms with Crippen LogP contribution in [0.1, 0.15) is 23.7 Å². The molecule has 0 saturated carbocycles. The molecule has 2 rings (SSSR count). The number of nitrogens with one attached hydrogen (secondary N) is 2. The maximum atomic E-state index is 11.5. The molecule has 1 aliphatic carbocycles. The van der Waals surface area contributed by atoms with Gasteiger partial charge in [0.2, 0.25) is 11.8 Å². The predicted octanol–water partition coefficient (Wildman–Crippen LogP) is -0.0744. The van der Waals surface area contributed by atoms with Crippen molar-refractivity contribution >= 4 is 17.5 Å².